The molecule has 0 aliphatic carbocycles. The molecule has 60 heavy (non-hydrogen) atoms. The lowest BCUT2D eigenvalue weighted by atomic mass is 9.52. The van der Waals surface area contributed by atoms with E-state index < -0.39 is 47.0 Å². The zero-order valence-corrected chi connectivity index (χ0v) is 32.2. The molecule has 0 aliphatic rings. The van der Waals surface area contributed by atoms with E-state index in [0.29, 0.717) is 67.8 Å². The van der Waals surface area contributed by atoms with Crippen LogP contribution in [0.15, 0.2) is 127 Å². The van der Waals surface area contributed by atoms with Gasteiger partial charge in [-0.05, 0) is 149 Å². The number of aliphatic hydroxyl groups excluding tert-OH is 3. The Hall–Kier alpha value is -6.90. The second-order valence-electron chi connectivity index (χ2n) is 13.4. The van der Waals surface area contributed by atoms with Crippen molar-refractivity contribution in [1.29, 1.82) is 15.8 Å². The Morgan fingerprint density at radius 2 is 0.783 bits per heavy atom. The van der Waals surface area contributed by atoms with Gasteiger partial charge in [-0.25, -0.2) is 0 Å². The SMILES string of the molecule is CC(OB(O)c1ccc(Oc2ccc(C#N)cc2)cc1CO)B(OB(O)c1ccc(Oc2ccc(C#N)cc2)cc1CO)c1ccc(Oc2ccc(C#N)cc2)cc1CO. The smallest absolute Gasteiger partial charge is 0.466 e. The Labute approximate surface area is 347 Å². The molecule has 1 atom stereocenters. The first-order valence-electron chi connectivity index (χ1n) is 18.6. The van der Waals surface area contributed by atoms with Gasteiger partial charge in [0.2, 0.25) is 0 Å². The standard InChI is InChI=1S/C44H36B3N3O10/c1-29(59-46(54)43-18-15-40(21-34(43)27-52)57-37-10-4-31(24-49)5-11-37)45(42-17-14-39(20-33(42)26-51)56-36-8-2-30(23-48)3-9-36)60-47(55)44-19-16-41(22-35(44)28-53)58-38-12-6-32(25-50)7-13-38/h2-22,29,51-55H,26-28H2,1H3. The average molecular weight is 799 g/mol. The third kappa shape index (κ3) is 10.6. The lowest BCUT2D eigenvalue weighted by molar-refractivity contribution is 0.234. The lowest BCUT2D eigenvalue weighted by Crippen LogP contribution is -2.55. The van der Waals surface area contributed by atoms with Crippen molar-refractivity contribution in [1.82, 2.24) is 0 Å². The lowest BCUT2D eigenvalue weighted by Gasteiger charge is -2.27. The number of ether oxygens (including phenoxy) is 3. The van der Waals surface area contributed by atoms with Crippen LogP contribution in [-0.2, 0) is 29.0 Å². The van der Waals surface area contributed by atoms with Gasteiger partial charge in [0, 0.05) is 6.00 Å². The van der Waals surface area contributed by atoms with Crippen LogP contribution in [0.2, 0.25) is 0 Å². The van der Waals surface area contributed by atoms with Crippen molar-refractivity contribution in [3.05, 3.63) is 161 Å². The summed E-state index contributed by atoms with van der Waals surface area (Å²) >= 11 is 0. The fourth-order valence-electron chi connectivity index (χ4n) is 6.30. The van der Waals surface area contributed by atoms with Crippen molar-refractivity contribution >= 4 is 37.5 Å². The summed E-state index contributed by atoms with van der Waals surface area (Å²) in [6.07, 6.45) is 0. The molecule has 16 heteroatoms. The third-order valence-electron chi connectivity index (χ3n) is 9.40. The van der Waals surface area contributed by atoms with E-state index in [9.17, 15) is 25.4 Å². The van der Waals surface area contributed by atoms with Crippen molar-refractivity contribution in [3.63, 3.8) is 0 Å². The zero-order chi connectivity index (χ0) is 42.6. The highest BCUT2D eigenvalue weighted by molar-refractivity contribution is 6.78. The Bertz CT molecular complexity index is 2540. The fourth-order valence-corrected chi connectivity index (χ4v) is 6.30. The van der Waals surface area contributed by atoms with Gasteiger partial charge in [-0.2, -0.15) is 15.8 Å². The van der Waals surface area contributed by atoms with Crippen molar-refractivity contribution in [2.24, 2.45) is 0 Å². The molecule has 0 bridgehead atoms. The van der Waals surface area contributed by atoms with Gasteiger partial charge in [-0.15, -0.1) is 0 Å². The summed E-state index contributed by atoms with van der Waals surface area (Å²) in [6.45, 7) is -1.01. The summed E-state index contributed by atoms with van der Waals surface area (Å²) in [5.74, 6) is 2.43. The second kappa shape index (κ2) is 20.2. The summed E-state index contributed by atoms with van der Waals surface area (Å²) < 4.78 is 30.2. The molecule has 0 saturated heterocycles. The predicted molar refractivity (Wildman–Crippen MR) is 223 cm³/mol. The minimum Gasteiger partial charge on any atom is -0.466 e. The molecule has 0 radical (unpaired) electrons. The van der Waals surface area contributed by atoms with Gasteiger partial charge in [0.05, 0.1) is 54.7 Å². The molecule has 5 N–H and O–H groups in total. The Morgan fingerprint density at radius 3 is 1.13 bits per heavy atom. The molecule has 296 valence electrons. The van der Waals surface area contributed by atoms with Gasteiger partial charge in [-0.3, -0.25) is 0 Å². The first-order valence-corrected chi connectivity index (χ1v) is 18.6. The van der Waals surface area contributed by atoms with Crippen LogP contribution in [-0.4, -0.2) is 52.5 Å². The molecule has 0 fully saturated rings. The molecule has 0 saturated carbocycles. The number of hydrogen-bond acceptors (Lipinski definition) is 13. The maximum absolute atomic E-state index is 11.6. The Balaban J connectivity index is 1.28. The van der Waals surface area contributed by atoms with Crippen LogP contribution in [0.3, 0.4) is 0 Å². The summed E-state index contributed by atoms with van der Waals surface area (Å²) in [7, 11) is -3.28. The predicted octanol–water partition coefficient (Wildman–Crippen LogP) is 4.09. The summed E-state index contributed by atoms with van der Waals surface area (Å²) in [5.41, 5.74) is 3.12. The van der Waals surface area contributed by atoms with Gasteiger partial charge in [0.1, 0.15) is 34.5 Å². The van der Waals surface area contributed by atoms with Gasteiger partial charge in [0.25, 0.3) is 0 Å². The van der Waals surface area contributed by atoms with E-state index in [2.05, 4.69) is 6.07 Å². The van der Waals surface area contributed by atoms with E-state index in [1.807, 2.05) is 12.1 Å². The second-order valence-corrected chi connectivity index (χ2v) is 13.4. The van der Waals surface area contributed by atoms with Crippen LogP contribution >= 0.6 is 0 Å². The summed E-state index contributed by atoms with van der Waals surface area (Å²) in [6, 6.07) is 38.7. The molecule has 13 nitrogen and oxygen atoms in total. The molecule has 6 aromatic rings. The fraction of sp³-hybridized carbons (Fsp3) is 0.114. The Morgan fingerprint density at radius 1 is 0.467 bits per heavy atom. The molecule has 1 unspecified atom stereocenters. The maximum atomic E-state index is 11.6. The van der Waals surface area contributed by atoms with Crippen LogP contribution in [0.25, 0.3) is 0 Å². The van der Waals surface area contributed by atoms with Crippen molar-refractivity contribution in [2.45, 2.75) is 32.7 Å². The molecule has 0 aliphatic heterocycles. The van der Waals surface area contributed by atoms with Crippen LogP contribution in [0.4, 0.5) is 0 Å². The normalized spacial score (nSPS) is 11.1. The molecule has 0 aromatic heterocycles. The quantitative estimate of drug-likeness (QED) is 0.0823. The van der Waals surface area contributed by atoms with E-state index in [1.165, 1.54) is 12.1 Å². The van der Waals surface area contributed by atoms with Crippen molar-refractivity contribution in [3.8, 4) is 52.7 Å². The minimum absolute atomic E-state index is 0.203. The number of nitrogens with zero attached hydrogens (tertiary/aromatic N) is 3. The van der Waals surface area contributed by atoms with Gasteiger partial charge < -0.3 is 48.8 Å². The highest BCUT2D eigenvalue weighted by atomic mass is 16.5. The zero-order valence-electron chi connectivity index (χ0n) is 32.2. The van der Waals surface area contributed by atoms with Gasteiger partial charge >= 0.3 is 21.2 Å². The first-order chi connectivity index (χ1) is 29.1. The van der Waals surface area contributed by atoms with Crippen LogP contribution in [0.1, 0.15) is 40.3 Å². The van der Waals surface area contributed by atoms with Crippen LogP contribution in [0.5, 0.6) is 34.5 Å². The van der Waals surface area contributed by atoms with Crippen molar-refractivity contribution in [2.75, 3.05) is 0 Å². The topological polar surface area (TPSA) is 219 Å². The van der Waals surface area contributed by atoms with E-state index >= 15 is 0 Å². The number of rotatable bonds is 17. The molecular formula is C44H36B3N3O10. The van der Waals surface area contributed by atoms with E-state index in [-0.39, 0.29) is 16.5 Å². The van der Waals surface area contributed by atoms with Crippen LogP contribution < -0.4 is 30.6 Å². The van der Waals surface area contributed by atoms with Gasteiger partial charge in [-0.1, -0.05) is 18.2 Å². The Kier molecular flexibility index (Phi) is 14.4. The number of benzene rings is 6. The molecule has 6 rings (SSSR count). The summed E-state index contributed by atoms with van der Waals surface area (Å²) in [4.78, 5) is 0. The summed E-state index contributed by atoms with van der Waals surface area (Å²) in [5, 5.41) is 81.6. The first kappa shape index (κ1) is 42.7. The monoisotopic (exact) mass is 799 g/mol. The van der Waals surface area contributed by atoms with Crippen molar-refractivity contribution < 1.29 is 48.8 Å². The highest BCUT2D eigenvalue weighted by Gasteiger charge is 2.37. The molecule has 0 spiro atoms. The van der Waals surface area contributed by atoms with E-state index in [1.54, 1.807) is 122 Å². The molecule has 0 heterocycles. The van der Waals surface area contributed by atoms with Crippen LogP contribution in [0, 0.1) is 34.0 Å². The highest BCUT2D eigenvalue weighted by Crippen LogP contribution is 2.26. The van der Waals surface area contributed by atoms with E-state index in [4.69, 9.17) is 39.2 Å². The largest absolute Gasteiger partial charge is 0.491 e. The maximum Gasteiger partial charge on any atom is 0.491 e. The number of aliphatic hydroxyl groups is 3. The molecular weight excluding hydrogens is 763 g/mol. The number of hydrogen-bond donors (Lipinski definition) is 5. The average Bonchev–Trinajstić information content (AvgIpc) is 3.28. The van der Waals surface area contributed by atoms with E-state index in [0.717, 1.165) is 0 Å². The third-order valence-corrected chi connectivity index (χ3v) is 9.40. The minimum atomic E-state index is -1.67. The molecule has 6 aromatic carbocycles. The van der Waals surface area contributed by atoms with Gasteiger partial charge in [0.15, 0.2) is 0 Å². The number of nitriles is 3. The molecule has 0 amide bonds.